The van der Waals surface area contributed by atoms with E-state index >= 15 is 0 Å². The summed E-state index contributed by atoms with van der Waals surface area (Å²) in [7, 11) is -2.43. The molecule has 220 valence electrons. The van der Waals surface area contributed by atoms with E-state index in [0.717, 1.165) is 78.6 Å². The number of hydrogen-bond donors (Lipinski definition) is 3. The Morgan fingerprint density at radius 1 is 0.976 bits per heavy atom. The lowest BCUT2D eigenvalue weighted by atomic mass is 9.76. The van der Waals surface area contributed by atoms with Gasteiger partial charge >= 0.3 is 0 Å². The highest BCUT2D eigenvalue weighted by molar-refractivity contribution is 8.24. The predicted molar refractivity (Wildman–Crippen MR) is 166 cm³/mol. The molecule has 1 spiro atoms. The van der Waals surface area contributed by atoms with Gasteiger partial charge in [-0.05, 0) is 74.5 Å². The molecule has 5 aliphatic rings. The van der Waals surface area contributed by atoms with Gasteiger partial charge in [-0.25, -0.2) is 4.98 Å². The fraction of sp³-hybridized carbons (Fsp3) is 0.645. The average Bonchev–Trinajstić information content (AvgIpc) is 3.90. The minimum Gasteiger partial charge on any atom is -0.368 e. The van der Waals surface area contributed by atoms with Gasteiger partial charge in [0.05, 0.1) is 28.1 Å². The van der Waals surface area contributed by atoms with Crippen LogP contribution in [0.3, 0.4) is 0 Å². The second-order valence-electron chi connectivity index (χ2n) is 13.1. The van der Waals surface area contributed by atoms with E-state index in [0.29, 0.717) is 30.0 Å². The molecule has 10 heteroatoms. The van der Waals surface area contributed by atoms with Crippen LogP contribution in [0.1, 0.15) is 75.8 Å². The van der Waals surface area contributed by atoms with E-state index in [4.69, 9.17) is 4.98 Å². The van der Waals surface area contributed by atoms with Gasteiger partial charge in [0.25, 0.3) is 0 Å². The first kappa shape index (κ1) is 27.5. The smallest absolute Gasteiger partial charge is 0.225 e. The number of thiazole rings is 1. The number of carbonyl (C=O) groups is 1. The summed E-state index contributed by atoms with van der Waals surface area (Å²) in [6.07, 6.45) is 10.6. The summed E-state index contributed by atoms with van der Waals surface area (Å²) in [5, 5.41) is 13.8. The first-order valence-corrected chi connectivity index (χ1v) is 18.1. The molecule has 1 amide bonds. The van der Waals surface area contributed by atoms with E-state index in [1.807, 2.05) is 0 Å². The predicted octanol–water partition coefficient (Wildman–Crippen LogP) is 6.21. The standard InChI is InChI=1S/C31H41N5O3S2/c32-21-31(11-12-31)34-28(37)25-4-2-1-3-24(25)26-27(40-29(33-26)36-15-13-30(9-10-30)14-16-36)22-5-7-23(8-6-22)35-17-19-41(38,39)20-18-35/h5-8,24-25,38-39H,1-4,9-20H2,(H,34,37)/t24-,25-/m1/s1. The van der Waals surface area contributed by atoms with E-state index in [1.54, 1.807) is 11.3 Å². The van der Waals surface area contributed by atoms with E-state index in [1.165, 1.54) is 25.7 Å². The lowest BCUT2D eigenvalue weighted by Crippen LogP contribution is -2.42. The topological polar surface area (TPSA) is 113 Å². The van der Waals surface area contributed by atoms with Crippen LogP contribution in [-0.4, -0.2) is 63.2 Å². The zero-order valence-corrected chi connectivity index (χ0v) is 25.3. The number of rotatable bonds is 6. The molecule has 41 heavy (non-hydrogen) atoms. The Balaban J connectivity index is 1.18. The second-order valence-corrected chi connectivity index (χ2v) is 16.5. The Hall–Kier alpha value is -2.32. The van der Waals surface area contributed by atoms with Crippen LogP contribution in [0.2, 0.25) is 0 Å². The number of nitrogens with one attached hydrogen (secondary N) is 1. The van der Waals surface area contributed by atoms with Crippen molar-refractivity contribution in [2.24, 2.45) is 11.3 Å². The van der Waals surface area contributed by atoms with Gasteiger partial charge in [0.15, 0.2) is 5.13 Å². The van der Waals surface area contributed by atoms with Crippen molar-refractivity contribution in [3.05, 3.63) is 30.0 Å². The van der Waals surface area contributed by atoms with Crippen LogP contribution in [0.25, 0.3) is 10.4 Å². The van der Waals surface area contributed by atoms with Crippen LogP contribution in [-0.2, 0) is 4.79 Å². The van der Waals surface area contributed by atoms with E-state index < -0.39 is 16.1 Å². The van der Waals surface area contributed by atoms with Crippen LogP contribution in [0, 0.1) is 22.7 Å². The summed E-state index contributed by atoms with van der Waals surface area (Å²) in [5.74, 6) is 0.754. The zero-order valence-electron chi connectivity index (χ0n) is 23.7. The van der Waals surface area contributed by atoms with Crippen molar-refractivity contribution in [3.8, 4) is 16.5 Å². The highest BCUT2D eigenvalue weighted by Gasteiger charge is 2.48. The highest BCUT2D eigenvalue weighted by atomic mass is 32.3. The number of nitriles is 1. The van der Waals surface area contributed by atoms with Crippen LogP contribution in [0.5, 0.6) is 0 Å². The lowest BCUT2D eigenvalue weighted by Gasteiger charge is -2.41. The molecule has 2 saturated heterocycles. The molecule has 1 aromatic carbocycles. The molecule has 8 nitrogen and oxygen atoms in total. The number of amides is 1. The van der Waals surface area contributed by atoms with E-state index in [-0.39, 0.29) is 17.7 Å². The fourth-order valence-electron chi connectivity index (χ4n) is 7.06. The van der Waals surface area contributed by atoms with Crippen LogP contribution >= 0.6 is 21.9 Å². The molecule has 2 aliphatic heterocycles. The molecule has 1 aromatic heterocycles. The van der Waals surface area contributed by atoms with Gasteiger partial charge in [0.2, 0.25) is 5.91 Å². The monoisotopic (exact) mass is 595 g/mol. The Bertz CT molecular complexity index is 1320. The third-order valence-electron chi connectivity index (χ3n) is 10.3. The molecule has 0 bridgehead atoms. The van der Waals surface area contributed by atoms with Crippen molar-refractivity contribution in [2.45, 2.75) is 75.7 Å². The number of piperidine rings is 1. The van der Waals surface area contributed by atoms with Crippen molar-refractivity contribution in [1.29, 1.82) is 5.26 Å². The Kier molecular flexibility index (Phi) is 7.01. The van der Waals surface area contributed by atoms with Gasteiger partial charge in [0.1, 0.15) is 5.54 Å². The summed E-state index contributed by atoms with van der Waals surface area (Å²) in [6, 6.07) is 11.0. The molecular formula is C31H41N5O3S2. The number of hydrogen-bond acceptors (Lipinski definition) is 8. The van der Waals surface area contributed by atoms with Crippen molar-refractivity contribution in [3.63, 3.8) is 0 Å². The molecule has 2 atom stereocenters. The van der Waals surface area contributed by atoms with Crippen molar-refractivity contribution < 1.29 is 13.9 Å². The minimum absolute atomic E-state index is 0.0225. The third-order valence-corrected chi connectivity index (χ3v) is 13.2. The molecule has 3 saturated carbocycles. The molecule has 0 unspecified atom stereocenters. The summed E-state index contributed by atoms with van der Waals surface area (Å²) in [5.41, 5.74) is 3.23. The Morgan fingerprint density at radius 3 is 2.29 bits per heavy atom. The van der Waals surface area contributed by atoms with Gasteiger partial charge in [-0.15, -0.1) is 0 Å². The van der Waals surface area contributed by atoms with Crippen molar-refractivity contribution in [2.75, 3.05) is 47.5 Å². The third kappa shape index (κ3) is 5.58. The van der Waals surface area contributed by atoms with Gasteiger partial charge in [-0.1, -0.05) is 36.3 Å². The molecule has 3 N–H and O–H groups in total. The van der Waals surface area contributed by atoms with Gasteiger partial charge in [0, 0.05) is 43.7 Å². The molecule has 7 rings (SSSR count). The Labute approximate surface area is 248 Å². The first-order valence-electron chi connectivity index (χ1n) is 15.4. The van der Waals surface area contributed by atoms with Crippen molar-refractivity contribution >= 4 is 38.7 Å². The number of carbonyl (C=O) groups excluding carboxylic acids is 1. The summed E-state index contributed by atoms with van der Waals surface area (Å²) < 4.78 is 20.1. The van der Waals surface area contributed by atoms with Gasteiger partial charge in [-0.2, -0.15) is 15.9 Å². The summed E-state index contributed by atoms with van der Waals surface area (Å²) in [4.78, 5) is 24.8. The maximum atomic E-state index is 13.6. The van der Waals surface area contributed by atoms with Crippen LogP contribution < -0.4 is 15.1 Å². The van der Waals surface area contributed by atoms with Gasteiger partial charge in [-0.3, -0.25) is 13.9 Å². The Morgan fingerprint density at radius 2 is 1.66 bits per heavy atom. The zero-order chi connectivity index (χ0) is 28.2. The van der Waals surface area contributed by atoms with Gasteiger partial charge < -0.3 is 15.1 Å². The normalized spacial score (nSPS) is 28.5. The lowest BCUT2D eigenvalue weighted by molar-refractivity contribution is -0.127. The van der Waals surface area contributed by atoms with E-state index in [9.17, 15) is 19.2 Å². The maximum absolute atomic E-state index is 13.6. The number of aromatic nitrogens is 1. The molecular weight excluding hydrogens is 555 g/mol. The largest absolute Gasteiger partial charge is 0.368 e. The number of anilines is 2. The molecule has 0 radical (unpaired) electrons. The molecule has 3 aliphatic carbocycles. The average molecular weight is 596 g/mol. The SMILES string of the molecule is N#CC1(NC(=O)[C@@H]2CCCC[C@H]2c2nc(N3CCC4(CC3)CC4)sc2-c2ccc(N3CCS(O)(O)CC3)cc2)CC1. The second kappa shape index (κ2) is 10.4. The summed E-state index contributed by atoms with van der Waals surface area (Å²) in [6.45, 7) is 3.41. The maximum Gasteiger partial charge on any atom is 0.225 e. The molecule has 3 heterocycles. The summed E-state index contributed by atoms with van der Waals surface area (Å²) >= 11 is 1.77. The first-order chi connectivity index (χ1) is 19.8. The van der Waals surface area contributed by atoms with Crippen LogP contribution in [0.4, 0.5) is 10.8 Å². The number of benzene rings is 1. The quantitative estimate of drug-likeness (QED) is 0.364. The minimum atomic E-state index is -2.43. The van der Waals surface area contributed by atoms with Crippen LogP contribution in [0.15, 0.2) is 24.3 Å². The van der Waals surface area contributed by atoms with E-state index in [2.05, 4.69) is 45.5 Å². The highest BCUT2D eigenvalue weighted by Crippen LogP contribution is 2.55. The van der Waals surface area contributed by atoms with Crippen molar-refractivity contribution in [1.82, 2.24) is 10.3 Å². The fourth-order valence-corrected chi connectivity index (χ4v) is 9.48. The molecule has 2 aromatic rings. The molecule has 5 fully saturated rings. The number of nitrogens with zero attached hydrogens (tertiary/aromatic N) is 4.